The summed E-state index contributed by atoms with van der Waals surface area (Å²) >= 11 is 1.72. The van der Waals surface area contributed by atoms with E-state index in [0.29, 0.717) is 12.1 Å². The predicted octanol–water partition coefficient (Wildman–Crippen LogP) is 1.93. The van der Waals surface area contributed by atoms with Gasteiger partial charge in [-0.15, -0.1) is 11.8 Å². The van der Waals surface area contributed by atoms with Crippen molar-refractivity contribution in [1.29, 1.82) is 0 Å². The normalized spacial score (nSPS) is 10.1. The molecule has 0 aliphatic carbocycles. The van der Waals surface area contributed by atoms with Gasteiger partial charge in [-0.3, -0.25) is 9.89 Å². The Morgan fingerprint density at radius 2 is 2.18 bits per heavy atom. The molecular formula is C12H13N3OS. The van der Waals surface area contributed by atoms with E-state index in [1.165, 1.54) is 11.1 Å². The van der Waals surface area contributed by atoms with Crippen molar-refractivity contribution in [3.05, 3.63) is 48.3 Å². The minimum Gasteiger partial charge on any atom is -0.351 e. The molecule has 2 aromatic rings. The van der Waals surface area contributed by atoms with Crippen molar-refractivity contribution in [2.45, 2.75) is 4.90 Å². The fourth-order valence-corrected chi connectivity index (χ4v) is 2.12. The summed E-state index contributed by atoms with van der Waals surface area (Å²) in [5.41, 5.74) is 0.565. The Morgan fingerprint density at radius 3 is 2.88 bits per heavy atom. The van der Waals surface area contributed by atoms with Crippen LogP contribution in [-0.4, -0.2) is 28.4 Å². The van der Waals surface area contributed by atoms with E-state index in [1.807, 2.05) is 18.2 Å². The zero-order valence-electron chi connectivity index (χ0n) is 9.22. The van der Waals surface area contributed by atoms with Crippen molar-refractivity contribution >= 4 is 17.7 Å². The number of thioether (sulfide) groups is 1. The van der Waals surface area contributed by atoms with E-state index in [1.54, 1.807) is 18.0 Å². The van der Waals surface area contributed by atoms with E-state index < -0.39 is 0 Å². The molecular weight excluding hydrogens is 234 g/mol. The minimum atomic E-state index is -0.0904. The van der Waals surface area contributed by atoms with Crippen LogP contribution in [0.3, 0.4) is 0 Å². The highest BCUT2D eigenvalue weighted by Crippen LogP contribution is 2.15. The molecule has 0 radical (unpaired) electrons. The zero-order valence-corrected chi connectivity index (χ0v) is 10.0. The largest absolute Gasteiger partial charge is 0.351 e. The lowest BCUT2D eigenvalue weighted by molar-refractivity contribution is 0.0956. The van der Waals surface area contributed by atoms with Crippen molar-refractivity contribution in [2.75, 3.05) is 12.3 Å². The lowest BCUT2D eigenvalue weighted by Crippen LogP contribution is -2.25. The summed E-state index contributed by atoms with van der Waals surface area (Å²) < 4.78 is 0. The van der Waals surface area contributed by atoms with Crippen molar-refractivity contribution in [3.8, 4) is 0 Å². The second-order valence-electron chi connectivity index (χ2n) is 3.40. The number of nitrogens with zero attached hydrogens (tertiary/aromatic N) is 1. The van der Waals surface area contributed by atoms with Gasteiger partial charge in [-0.25, -0.2) is 0 Å². The van der Waals surface area contributed by atoms with Gasteiger partial charge in [0, 0.05) is 23.4 Å². The molecule has 0 atom stereocenters. The summed E-state index contributed by atoms with van der Waals surface area (Å²) in [5, 5.41) is 9.17. The van der Waals surface area contributed by atoms with Crippen molar-refractivity contribution in [2.24, 2.45) is 0 Å². The average Bonchev–Trinajstić information content (AvgIpc) is 2.89. The Labute approximate surface area is 104 Å². The van der Waals surface area contributed by atoms with Crippen LogP contribution in [-0.2, 0) is 0 Å². The minimum absolute atomic E-state index is 0.0904. The van der Waals surface area contributed by atoms with Crippen molar-refractivity contribution < 1.29 is 4.79 Å². The highest BCUT2D eigenvalue weighted by molar-refractivity contribution is 7.99. The van der Waals surface area contributed by atoms with Gasteiger partial charge >= 0.3 is 0 Å². The van der Waals surface area contributed by atoms with Crippen LogP contribution in [0.15, 0.2) is 47.6 Å². The molecule has 0 saturated heterocycles. The first-order valence-electron chi connectivity index (χ1n) is 5.31. The second-order valence-corrected chi connectivity index (χ2v) is 4.57. The molecule has 1 aromatic heterocycles. The summed E-state index contributed by atoms with van der Waals surface area (Å²) in [6.07, 6.45) is 3.10. The van der Waals surface area contributed by atoms with E-state index >= 15 is 0 Å². The van der Waals surface area contributed by atoms with Gasteiger partial charge in [-0.2, -0.15) is 5.10 Å². The van der Waals surface area contributed by atoms with E-state index in [2.05, 4.69) is 27.6 Å². The highest BCUT2D eigenvalue weighted by Gasteiger charge is 2.04. The maximum atomic E-state index is 11.5. The predicted molar refractivity (Wildman–Crippen MR) is 68.1 cm³/mol. The SMILES string of the molecule is O=C(NCCSc1ccccc1)c1cn[nH]c1. The number of amides is 1. The Morgan fingerprint density at radius 1 is 1.35 bits per heavy atom. The zero-order chi connectivity index (χ0) is 11.9. The third-order valence-corrected chi connectivity index (χ3v) is 3.17. The summed E-state index contributed by atoms with van der Waals surface area (Å²) in [4.78, 5) is 12.7. The maximum absolute atomic E-state index is 11.5. The number of rotatable bonds is 5. The number of hydrogen-bond donors (Lipinski definition) is 2. The topological polar surface area (TPSA) is 57.8 Å². The van der Waals surface area contributed by atoms with Crippen LogP contribution in [0.4, 0.5) is 0 Å². The van der Waals surface area contributed by atoms with E-state index in [-0.39, 0.29) is 5.91 Å². The Kier molecular flexibility index (Phi) is 4.21. The monoisotopic (exact) mass is 247 g/mol. The van der Waals surface area contributed by atoms with Gasteiger partial charge in [-0.05, 0) is 12.1 Å². The van der Waals surface area contributed by atoms with Gasteiger partial charge in [-0.1, -0.05) is 18.2 Å². The number of benzene rings is 1. The van der Waals surface area contributed by atoms with Gasteiger partial charge in [0.2, 0.25) is 0 Å². The number of carbonyl (C=O) groups is 1. The molecule has 0 aliphatic rings. The highest BCUT2D eigenvalue weighted by atomic mass is 32.2. The van der Waals surface area contributed by atoms with Crippen LogP contribution in [0, 0.1) is 0 Å². The van der Waals surface area contributed by atoms with Crippen LogP contribution in [0.25, 0.3) is 0 Å². The number of hydrogen-bond acceptors (Lipinski definition) is 3. The first-order valence-corrected chi connectivity index (χ1v) is 6.29. The van der Waals surface area contributed by atoms with Gasteiger partial charge in [0.15, 0.2) is 0 Å². The lowest BCUT2D eigenvalue weighted by Gasteiger charge is -2.03. The number of nitrogens with one attached hydrogen (secondary N) is 2. The molecule has 5 heteroatoms. The number of H-pyrrole nitrogens is 1. The maximum Gasteiger partial charge on any atom is 0.254 e. The molecule has 0 bridgehead atoms. The van der Waals surface area contributed by atoms with Gasteiger partial charge in [0.25, 0.3) is 5.91 Å². The van der Waals surface area contributed by atoms with Crippen molar-refractivity contribution in [1.82, 2.24) is 15.5 Å². The first-order chi connectivity index (χ1) is 8.36. The molecule has 1 aromatic carbocycles. The van der Waals surface area contributed by atoms with Crippen LogP contribution >= 0.6 is 11.8 Å². The van der Waals surface area contributed by atoms with Crippen LogP contribution < -0.4 is 5.32 Å². The molecule has 88 valence electrons. The summed E-state index contributed by atoms with van der Waals surface area (Å²) in [6.45, 7) is 0.642. The molecule has 0 saturated carbocycles. The van der Waals surface area contributed by atoms with Crippen LogP contribution in [0.5, 0.6) is 0 Å². The third kappa shape index (κ3) is 3.64. The number of carbonyl (C=O) groups excluding carboxylic acids is 1. The fourth-order valence-electron chi connectivity index (χ4n) is 1.33. The summed E-state index contributed by atoms with van der Waals surface area (Å²) in [6, 6.07) is 10.1. The average molecular weight is 247 g/mol. The Hall–Kier alpha value is -1.75. The molecule has 0 fully saturated rings. The molecule has 17 heavy (non-hydrogen) atoms. The van der Waals surface area contributed by atoms with Crippen LogP contribution in [0.1, 0.15) is 10.4 Å². The second kappa shape index (κ2) is 6.10. The van der Waals surface area contributed by atoms with Gasteiger partial charge in [0.1, 0.15) is 0 Å². The number of aromatic amines is 1. The van der Waals surface area contributed by atoms with Gasteiger partial charge < -0.3 is 5.32 Å². The van der Waals surface area contributed by atoms with Crippen LogP contribution in [0.2, 0.25) is 0 Å². The summed E-state index contributed by atoms with van der Waals surface area (Å²) in [5.74, 6) is 0.764. The molecule has 0 spiro atoms. The van der Waals surface area contributed by atoms with Crippen molar-refractivity contribution in [3.63, 3.8) is 0 Å². The smallest absolute Gasteiger partial charge is 0.254 e. The standard InChI is InChI=1S/C12H13N3OS/c16-12(10-8-14-15-9-10)13-6-7-17-11-4-2-1-3-5-11/h1-5,8-9H,6-7H2,(H,13,16)(H,14,15). The van der Waals surface area contributed by atoms with E-state index in [4.69, 9.17) is 0 Å². The molecule has 4 nitrogen and oxygen atoms in total. The Bertz CT molecular complexity index is 456. The third-order valence-electron chi connectivity index (χ3n) is 2.16. The summed E-state index contributed by atoms with van der Waals surface area (Å²) in [7, 11) is 0. The molecule has 0 aliphatic heterocycles. The molecule has 2 rings (SSSR count). The molecule has 2 N–H and O–H groups in total. The molecule has 0 unspecified atom stereocenters. The Balaban J connectivity index is 1.69. The van der Waals surface area contributed by atoms with Gasteiger partial charge in [0.05, 0.1) is 11.8 Å². The number of aromatic nitrogens is 2. The molecule has 1 amide bonds. The first kappa shape index (κ1) is 11.7. The van der Waals surface area contributed by atoms with E-state index in [0.717, 1.165) is 5.75 Å². The molecule has 1 heterocycles. The fraction of sp³-hybridized carbons (Fsp3) is 0.167. The van der Waals surface area contributed by atoms with E-state index in [9.17, 15) is 4.79 Å². The lowest BCUT2D eigenvalue weighted by atomic mass is 10.3. The quantitative estimate of drug-likeness (QED) is 0.627.